The normalized spacial score (nSPS) is 12.5. The summed E-state index contributed by atoms with van der Waals surface area (Å²) in [7, 11) is 0. The van der Waals surface area contributed by atoms with E-state index in [4.69, 9.17) is 23.2 Å². The average Bonchev–Trinajstić information content (AvgIpc) is 2.34. The summed E-state index contributed by atoms with van der Waals surface area (Å²) < 4.78 is 27.1. The zero-order valence-electron chi connectivity index (χ0n) is 9.55. The van der Waals surface area contributed by atoms with Crippen LogP contribution in [0.3, 0.4) is 0 Å². The second kappa shape index (κ2) is 5.25. The average molecular weight is 287 g/mol. The Morgan fingerprint density at radius 3 is 2.22 bits per heavy atom. The number of rotatable bonds is 2. The molecule has 2 aromatic rings. The van der Waals surface area contributed by atoms with Crippen LogP contribution in [0, 0.1) is 18.6 Å². The lowest BCUT2D eigenvalue weighted by molar-refractivity contribution is 0.587. The van der Waals surface area contributed by atoms with Gasteiger partial charge in [-0.2, -0.15) is 0 Å². The van der Waals surface area contributed by atoms with Gasteiger partial charge in [-0.1, -0.05) is 41.4 Å². The van der Waals surface area contributed by atoms with Crippen molar-refractivity contribution in [1.29, 1.82) is 0 Å². The fourth-order valence-electron chi connectivity index (χ4n) is 1.65. The van der Waals surface area contributed by atoms with Crippen LogP contribution in [-0.4, -0.2) is 0 Å². The van der Waals surface area contributed by atoms with Gasteiger partial charge in [-0.15, -0.1) is 11.6 Å². The maximum atomic E-state index is 13.7. The van der Waals surface area contributed by atoms with Gasteiger partial charge in [0.25, 0.3) is 0 Å². The van der Waals surface area contributed by atoms with Gasteiger partial charge in [0, 0.05) is 5.56 Å². The molecule has 0 amide bonds. The fourth-order valence-corrected chi connectivity index (χ4v) is 2.11. The van der Waals surface area contributed by atoms with Gasteiger partial charge in [-0.3, -0.25) is 0 Å². The maximum Gasteiger partial charge on any atom is 0.142 e. The number of aryl methyl sites for hydroxylation is 1. The third kappa shape index (κ3) is 2.65. The number of halogens is 4. The van der Waals surface area contributed by atoms with Crippen LogP contribution in [0.5, 0.6) is 0 Å². The summed E-state index contributed by atoms with van der Waals surface area (Å²) in [6.07, 6.45) is 0. The Morgan fingerprint density at radius 2 is 1.61 bits per heavy atom. The van der Waals surface area contributed by atoms with Crippen LogP contribution in [-0.2, 0) is 0 Å². The number of alkyl halides is 1. The second-order valence-electron chi connectivity index (χ2n) is 4.06. The summed E-state index contributed by atoms with van der Waals surface area (Å²) in [5.74, 6) is -1.28. The van der Waals surface area contributed by atoms with E-state index in [-0.39, 0.29) is 10.6 Å². The van der Waals surface area contributed by atoms with Gasteiger partial charge in [0.2, 0.25) is 0 Å². The molecular formula is C14H10Cl2F2. The van der Waals surface area contributed by atoms with Crippen LogP contribution >= 0.6 is 23.2 Å². The smallest absolute Gasteiger partial charge is 0.142 e. The van der Waals surface area contributed by atoms with Crippen LogP contribution in [0.2, 0.25) is 5.02 Å². The molecule has 94 valence electrons. The standard InChI is InChI=1S/C14H10Cl2F2/c1-8-2-4-9(5-3-8)14(16)10-6-13(18)11(15)7-12(10)17/h2-7,14H,1H3. The molecule has 0 fully saturated rings. The summed E-state index contributed by atoms with van der Waals surface area (Å²) in [4.78, 5) is 0. The minimum atomic E-state index is -0.739. The fraction of sp³-hybridized carbons (Fsp3) is 0.143. The van der Waals surface area contributed by atoms with Gasteiger partial charge < -0.3 is 0 Å². The molecule has 0 saturated carbocycles. The van der Waals surface area contributed by atoms with Gasteiger partial charge in [0.15, 0.2) is 0 Å². The molecule has 2 aromatic carbocycles. The quantitative estimate of drug-likeness (QED) is 0.522. The molecule has 0 aliphatic rings. The summed E-state index contributed by atoms with van der Waals surface area (Å²) in [5.41, 5.74) is 1.87. The molecule has 0 radical (unpaired) electrons. The van der Waals surface area contributed by atoms with Crippen molar-refractivity contribution in [3.05, 3.63) is 69.7 Å². The third-order valence-corrected chi connectivity index (χ3v) is 3.46. The summed E-state index contributed by atoms with van der Waals surface area (Å²) >= 11 is 11.7. The topological polar surface area (TPSA) is 0 Å². The van der Waals surface area contributed by atoms with Crippen molar-refractivity contribution in [1.82, 2.24) is 0 Å². The minimum Gasteiger partial charge on any atom is -0.207 e. The molecule has 0 aromatic heterocycles. The Balaban J connectivity index is 2.42. The predicted octanol–water partition coefficient (Wildman–Crippen LogP) is 5.25. The highest BCUT2D eigenvalue weighted by molar-refractivity contribution is 6.30. The van der Waals surface area contributed by atoms with Crippen molar-refractivity contribution in [3.8, 4) is 0 Å². The first-order valence-electron chi connectivity index (χ1n) is 5.34. The van der Waals surface area contributed by atoms with Crippen molar-refractivity contribution in [2.75, 3.05) is 0 Å². The molecule has 0 spiro atoms. The zero-order chi connectivity index (χ0) is 13.3. The highest BCUT2D eigenvalue weighted by Crippen LogP contribution is 2.33. The summed E-state index contributed by atoms with van der Waals surface area (Å²) in [6, 6.07) is 9.30. The van der Waals surface area contributed by atoms with Gasteiger partial charge in [-0.05, 0) is 24.6 Å². The first kappa shape index (κ1) is 13.3. The lowest BCUT2D eigenvalue weighted by atomic mass is 10.0. The Hall–Kier alpha value is -1.12. The van der Waals surface area contributed by atoms with Gasteiger partial charge in [0.1, 0.15) is 11.6 Å². The lowest BCUT2D eigenvalue weighted by Gasteiger charge is -2.12. The molecular weight excluding hydrogens is 277 g/mol. The van der Waals surface area contributed by atoms with E-state index in [1.54, 1.807) is 12.1 Å². The third-order valence-electron chi connectivity index (χ3n) is 2.68. The molecule has 0 saturated heterocycles. The Kier molecular flexibility index (Phi) is 3.88. The second-order valence-corrected chi connectivity index (χ2v) is 4.90. The molecule has 0 bridgehead atoms. The first-order valence-corrected chi connectivity index (χ1v) is 6.15. The number of hydrogen-bond acceptors (Lipinski definition) is 0. The zero-order valence-corrected chi connectivity index (χ0v) is 11.1. The molecule has 18 heavy (non-hydrogen) atoms. The predicted molar refractivity (Wildman–Crippen MR) is 70.2 cm³/mol. The molecule has 0 heterocycles. The molecule has 2 rings (SSSR count). The van der Waals surface area contributed by atoms with Crippen molar-refractivity contribution in [2.24, 2.45) is 0 Å². The van der Waals surface area contributed by atoms with E-state index in [0.29, 0.717) is 5.56 Å². The van der Waals surface area contributed by atoms with Crippen LogP contribution in [0.25, 0.3) is 0 Å². The monoisotopic (exact) mass is 286 g/mol. The van der Waals surface area contributed by atoms with Crippen LogP contribution in [0.4, 0.5) is 8.78 Å². The van der Waals surface area contributed by atoms with Crippen molar-refractivity contribution in [3.63, 3.8) is 0 Å². The Labute approximate surface area is 114 Å². The SMILES string of the molecule is Cc1ccc(C(Cl)c2cc(F)c(Cl)cc2F)cc1. The number of hydrogen-bond donors (Lipinski definition) is 0. The summed E-state index contributed by atoms with van der Waals surface area (Å²) in [5, 5.41) is -0.985. The molecule has 0 aliphatic carbocycles. The van der Waals surface area contributed by atoms with Crippen LogP contribution < -0.4 is 0 Å². The molecule has 0 N–H and O–H groups in total. The molecule has 1 atom stereocenters. The largest absolute Gasteiger partial charge is 0.207 e. The molecule has 4 heteroatoms. The Bertz CT molecular complexity index is 565. The molecule has 0 aliphatic heterocycles. The van der Waals surface area contributed by atoms with Crippen molar-refractivity contribution in [2.45, 2.75) is 12.3 Å². The van der Waals surface area contributed by atoms with E-state index in [2.05, 4.69) is 0 Å². The van der Waals surface area contributed by atoms with Crippen LogP contribution in [0.15, 0.2) is 36.4 Å². The highest BCUT2D eigenvalue weighted by Gasteiger charge is 2.17. The van der Waals surface area contributed by atoms with E-state index < -0.39 is 17.0 Å². The first-order chi connectivity index (χ1) is 8.49. The molecule has 1 unspecified atom stereocenters. The molecule has 0 nitrogen and oxygen atoms in total. The van der Waals surface area contributed by atoms with Gasteiger partial charge in [-0.25, -0.2) is 8.78 Å². The maximum absolute atomic E-state index is 13.7. The van der Waals surface area contributed by atoms with E-state index in [0.717, 1.165) is 17.7 Å². The minimum absolute atomic E-state index is 0.0856. The lowest BCUT2D eigenvalue weighted by Crippen LogP contribution is -1.98. The van der Waals surface area contributed by atoms with Crippen molar-refractivity contribution < 1.29 is 8.78 Å². The van der Waals surface area contributed by atoms with E-state index in [1.165, 1.54) is 0 Å². The number of benzene rings is 2. The summed E-state index contributed by atoms with van der Waals surface area (Å²) in [6.45, 7) is 1.94. The highest BCUT2D eigenvalue weighted by atomic mass is 35.5. The van der Waals surface area contributed by atoms with Gasteiger partial charge in [0.05, 0.1) is 10.4 Å². The Morgan fingerprint density at radius 1 is 1.00 bits per heavy atom. The van der Waals surface area contributed by atoms with Gasteiger partial charge >= 0.3 is 0 Å². The van der Waals surface area contributed by atoms with E-state index >= 15 is 0 Å². The van der Waals surface area contributed by atoms with E-state index in [1.807, 2.05) is 19.1 Å². The van der Waals surface area contributed by atoms with Crippen LogP contribution in [0.1, 0.15) is 22.1 Å². The van der Waals surface area contributed by atoms with Crippen molar-refractivity contribution >= 4 is 23.2 Å². The van der Waals surface area contributed by atoms with E-state index in [9.17, 15) is 8.78 Å².